The third-order valence-electron chi connectivity index (χ3n) is 7.31. The SMILES string of the molecule is COc1ccc(CC2COC(=O)C2Cc2ccc(OC(=O)N3CCC(NC(=O)OC(C)(C)C)C3)c(OC)c2)cc1OC. The van der Waals surface area contributed by atoms with Crippen molar-refractivity contribution < 1.29 is 42.8 Å². The van der Waals surface area contributed by atoms with Crippen LogP contribution in [0.2, 0.25) is 0 Å². The van der Waals surface area contributed by atoms with Crippen molar-refractivity contribution in [2.75, 3.05) is 41.0 Å². The Hall–Kier alpha value is -4.15. The molecule has 0 aromatic heterocycles. The van der Waals surface area contributed by atoms with Gasteiger partial charge in [-0.15, -0.1) is 0 Å². The number of benzene rings is 2. The van der Waals surface area contributed by atoms with E-state index >= 15 is 0 Å². The highest BCUT2D eigenvalue weighted by Gasteiger charge is 2.37. The number of hydrogen-bond acceptors (Lipinski definition) is 9. The van der Waals surface area contributed by atoms with Gasteiger partial charge in [0.25, 0.3) is 0 Å². The van der Waals surface area contributed by atoms with Gasteiger partial charge >= 0.3 is 18.2 Å². The fourth-order valence-corrected chi connectivity index (χ4v) is 5.22. The summed E-state index contributed by atoms with van der Waals surface area (Å²) in [4.78, 5) is 39.2. The Kier molecular flexibility index (Phi) is 9.70. The molecule has 0 spiro atoms. The third-order valence-corrected chi connectivity index (χ3v) is 7.31. The molecule has 2 amide bonds. The van der Waals surface area contributed by atoms with Crippen LogP contribution in [-0.4, -0.2) is 75.7 Å². The van der Waals surface area contributed by atoms with Crippen LogP contribution in [0.15, 0.2) is 36.4 Å². The quantitative estimate of drug-likeness (QED) is 0.428. The number of methoxy groups -OCH3 is 3. The molecular weight excluding hydrogens is 544 g/mol. The molecule has 0 saturated carbocycles. The monoisotopic (exact) mass is 584 g/mol. The largest absolute Gasteiger partial charge is 0.493 e. The molecule has 2 heterocycles. The van der Waals surface area contributed by atoms with Crippen molar-refractivity contribution in [3.8, 4) is 23.0 Å². The molecule has 2 aliphatic rings. The highest BCUT2D eigenvalue weighted by molar-refractivity contribution is 5.75. The van der Waals surface area contributed by atoms with E-state index in [0.717, 1.165) is 11.1 Å². The van der Waals surface area contributed by atoms with Crippen molar-refractivity contribution in [2.24, 2.45) is 11.8 Å². The zero-order valence-electron chi connectivity index (χ0n) is 25.1. The number of alkyl carbamates (subject to hydrolysis) is 1. The van der Waals surface area contributed by atoms with E-state index in [0.29, 0.717) is 56.2 Å². The number of hydrogen-bond donors (Lipinski definition) is 1. The van der Waals surface area contributed by atoms with Crippen molar-refractivity contribution in [3.63, 3.8) is 0 Å². The van der Waals surface area contributed by atoms with Gasteiger partial charge in [-0.2, -0.15) is 0 Å². The van der Waals surface area contributed by atoms with Gasteiger partial charge in [-0.3, -0.25) is 4.79 Å². The van der Waals surface area contributed by atoms with Crippen LogP contribution in [0.4, 0.5) is 9.59 Å². The van der Waals surface area contributed by atoms with Crippen LogP contribution in [0.3, 0.4) is 0 Å². The molecule has 2 aliphatic heterocycles. The van der Waals surface area contributed by atoms with Gasteiger partial charge in [0.2, 0.25) is 0 Å². The summed E-state index contributed by atoms with van der Waals surface area (Å²) in [6.45, 7) is 6.46. The van der Waals surface area contributed by atoms with Gasteiger partial charge in [0, 0.05) is 19.0 Å². The summed E-state index contributed by atoms with van der Waals surface area (Å²) in [6, 6.07) is 10.8. The number of likely N-dealkylation sites (tertiary alicyclic amines) is 1. The Balaban J connectivity index is 1.37. The Morgan fingerprint density at radius 3 is 2.19 bits per heavy atom. The first-order chi connectivity index (χ1) is 20.0. The maximum Gasteiger partial charge on any atom is 0.415 e. The number of carbonyl (C=O) groups excluding carboxylic acids is 3. The summed E-state index contributed by atoms with van der Waals surface area (Å²) in [5.74, 6) is 1.34. The van der Waals surface area contributed by atoms with Crippen molar-refractivity contribution >= 4 is 18.2 Å². The third kappa shape index (κ3) is 7.77. The van der Waals surface area contributed by atoms with E-state index in [2.05, 4.69) is 5.32 Å². The molecule has 0 aliphatic carbocycles. The smallest absolute Gasteiger partial charge is 0.415 e. The highest BCUT2D eigenvalue weighted by atomic mass is 16.6. The number of ether oxygens (including phenoxy) is 6. The maximum absolute atomic E-state index is 12.9. The summed E-state index contributed by atoms with van der Waals surface area (Å²) in [5, 5.41) is 2.80. The van der Waals surface area contributed by atoms with Crippen molar-refractivity contribution in [1.29, 1.82) is 0 Å². The first-order valence-corrected chi connectivity index (χ1v) is 14.0. The molecule has 2 fully saturated rings. The van der Waals surface area contributed by atoms with Crippen LogP contribution < -0.4 is 24.3 Å². The Labute approximate surface area is 246 Å². The first kappa shape index (κ1) is 30.8. The zero-order chi connectivity index (χ0) is 30.4. The molecule has 2 aromatic rings. The predicted octanol–water partition coefficient (Wildman–Crippen LogP) is 4.38. The van der Waals surface area contributed by atoms with Crippen molar-refractivity contribution in [2.45, 2.75) is 51.7 Å². The lowest BCUT2D eigenvalue weighted by Crippen LogP contribution is -2.41. The lowest BCUT2D eigenvalue weighted by atomic mass is 9.85. The van der Waals surface area contributed by atoms with Crippen LogP contribution in [0.25, 0.3) is 0 Å². The summed E-state index contributed by atoms with van der Waals surface area (Å²) in [7, 11) is 4.68. The topological polar surface area (TPSA) is 122 Å². The second-order valence-corrected chi connectivity index (χ2v) is 11.5. The van der Waals surface area contributed by atoms with Gasteiger partial charge in [0.1, 0.15) is 5.60 Å². The van der Waals surface area contributed by atoms with Crippen molar-refractivity contribution in [3.05, 3.63) is 47.5 Å². The number of nitrogens with zero attached hydrogens (tertiary/aromatic N) is 1. The molecule has 228 valence electrons. The Morgan fingerprint density at radius 2 is 1.55 bits per heavy atom. The average molecular weight is 585 g/mol. The van der Waals surface area contributed by atoms with Crippen molar-refractivity contribution in [1.82, 2.24) is 10.2 Å². The molecule has 11 nitrogen and oxygen atoms in total. The molecule has 3 atom stereocenters. The molecule has 2 saturated heterocycles. The minimum atomic E-state index is -0.603. The second-order valence-electron chi connectivity index (χ2n) is 11.5. The average Bonchev–Trinajstić information content (AvgIpc) is 3.54. The molecule has 0 radical (unpaired) electrons. The lowest BCUT2D eigenvalue weighted by Gasteiger charge is -2.22. The van der Waals surface area contributed by atoms with Crippen LogP contribution in [0.1, 0.15) is 38.3 Å². The number of rotatable bonds is 9. The summed E-state index contributed by atoms with van der Waals surface area (Å²) in [5.41, 5.74) is 1.27. The minimum absolute atomic E-state index is 0.0171. The Bertz CT molecular complexity index is 1290. The predicted molar refractivity (Wildman–Crippen MR) is 153 cm³/mol. The molecule has 4 rings (SSSR count). The molecule has 11 heteroatoms. The van der Waals surface area contributed by atoms with Crippen LogP contribution in [0.5, 0.6) is 23.0 Å². The van der Waals surface area contributed by atoms with Crippen LogP contribution >= 0.6 is 0 Å². The number of nitrogens with one attached hydrogen (secondary N) is 1. The summed E-state index contributed by atoms with van der Waals surface area (Å²) in [6.07, 6.45) is 0.627. The highest BCUT2D eigenvalue weighted by Crippen LogP contribution is 2.35. The van der Waals surface area contributed by atoms with E-state index in [1.165, 1.54) is 12.0 Å². The molecule has 0 bridgehead atoms. The molecular formula is C31H40N2O9. The maximum atomic E-state index is 12.9. The number of cyclic esters (lactones) is 1. The van der Waals surface area contributed by atoms with Gasteiger partial charge in [0.05, 0.1) is 39.9 Å². The zero-order valence-corrected chi connectivity index (χ0v) is 25.1. The molecule has 42 heavy (non-hydrogen) atoms. The fraction of sp³-hybridized carbons (Fsp3) is 0.516. The normalized spacial score (nSPS) is 20.1. The molecule has 1 N–H and O–H groups in total. The van der Waals surface area contributed by atoms with Crippen LogP contribution in [0, 0.1) is 11.8 Å². The number of carbonyl (C=O) groups is 3. The Morgan fingerprint density at radius 1 is 0.929 bits per heavy atom. The molecule has 3 unspecified atom stereocenters. The standard InChI is InChI=1S/C31H40N2O9/c1-31(2,3)42-29(35)32-22-11-12-33(17-22)30(36)41-25-10-8-20(16-27(25)39-6)14-23-21(18-40-28(23)34)13-19-7-9-24(37-4)26(15-19)38-5/h7-10,15-16,21-23H,11-14,17-18H2,1-6H3,(H,32,35). The minimum Gasteiger partial charge on any atom is -0.493 e. The number of esters is 1. The number of amides is 2. The van der Waals surface area contributed by atoms with Gasteiger partial charge in [0.15, 0.2) is 23.0 Å². The van der Waals surface area contributed by atoms with E-state index in [1.54, 1.807) is 47.1 Å². The van der Waals surface area contributed by atoms with Gasteiger partial charge in [-0.05, 0) is 75.4 Å². The van der Waals surface area contributed by atoms with E-state index in [1.807, 2.05) is 24.3 Å². The van der Waals surface area contributed by atoms with Gasteiger partial charge in [-0.25, -0.2) is 9.59 Å². The first-order valence-electron chi connectivity index (χ1n) is 14.0. The van der Waals surface area contributed by atoms with E-state index in [4.69, 9.17) is 28.4 Å². The van der Waals surface area contributed by atoms with E-state index < -0.39 is 17.8 Å². The second kappa shape index (κ2) is 13.2. The van der Waals surface area contributed by atoms with Gasteiger partial charge in [-0.1, -0.05) is 12.1 Å². The van der Waals surface area contributed by atoms with E-state index in [-0.39, 0.29) is 29.6 Å². The lowest BCUT2D eigenvalue weighted by molar-refractivity contribution is -0.141. The van der Waals surface area contributed by atoms with Crippen LogP contribution in [-0.2, 0) is 27.1 Å². The summed E-state index contributed by atoms with van der Waals surface area (Å²) >= 11 is 0. The molecule has 2 aromatic carbocycles. The van der Waals surface area contributed by atoms with E-state index in [9.17, 15) is 14.4 Å². The fourth-order valence-electron chi connectivity index (χ4n) is 5.22. The van der Waals surface area contributed by atoms with Gasteiger partial charge < -0.3 is 38.6 Å². The summed E-state index contributed by atoms with van der Waals surface area (Å²) < 4.78 is 32.6.